The summed E-state index contributed by atoms with van der Waals surface area (Å²) in [4.78, 5) is 16.4. The molecular formula is C19H19N3O4. The van der Waals surface area contributed by atoms with Gasteiger partial charge >= 0.3 is 0 Å². The van der Waals surface area contributed by atoms with Crippen molar-refractivity contribution in [3.8, 4) is 11.5 Å². The maximum atomic E-state index is 12.3. The highest BCUT2D eigenvalue weighted by Crippen LogP contribution is 2.31. The van der Waals surface area contributed by atoms with Crippen molar-refractivity contribution >= 4 is 17.3 Å². The zero-order valence-corrected chi connectivity index (χ0v) is 14.5. The predicted octanol–water partition coefficient (Wildman–Crippen LogP) is 3.37. The number of amides is 1. The monoisotopic (exact) mass is 353 g/mol. The summed E-state index contributed by atoms with van der Waals surface area (Å²) < 4.78 is 15.8. The Kier molecular flexibility index (Phi) is 5.38. The summed E-state index contributed by atoms with van der Waals surface area (Å²) in [5.41, 5.74) is 1.72. The molecule has 0 unspecified atom stereocenters. The lowest BCUT2D eigenvalue weighted by atomic mass is 10.2. The van der Waals surface area contributed by atoms with Gasteiger partial charge in [0, 0.05) is 18.0 Å². The summed E-state index contributed by atoms with van der Waals surface area (Å²) in [6.45, 7) is 0.300. The van der Waals surface area contributed by atoms with Crippen LogP contribution in [0, 0.1) is 0 Å². The number of benzene rings is 1. The molecule has 2 N–H and O–H groups in total. The fraction of sp³-hybridized carbons (Fsp3) is 0.158. The number of carbonyl (C=O) groups is 1. The number of rotatable bonds is 7. The first kappa shape index (κ1) is 17.3. The van der Waals surface area contributed by atoms with Gasteiger partial charge in [-0.05, 0) is 36.4 Å². The molecule has 7 nitrogen and oxygen atoms in total. The molecular weight excluding hydrogens is 334 g/mol. The number of anilines is 2. The van der Waals surface area contributed by atoms with Crippen LogP contribution in [0.25, 0.3) is 0 Å². The molecule has 0 aliphatic heterocycles. The average molecular weight is 353 g/mol. The second-order valence-electron chi connectivity index (χ2n) is 5.38. The van der Waals surface area contributed by atoms with Crippen LogP contribution in [-0.4, -0.2) is 25.1 Å². The molecule has 0 radical (unpaired) electrons. The van der Waals surface area contributed by atoms with E-state index < -0.39 is 0 Å². The number of nitrogens with one attached hydrogen (secondary N) is 2. The van der Waals surface area contributed by atoms with E-state index in [1.54, 1.807) is 57.0 Å². The van der Waals surface area contributed by atoms with Crippen molar-refractivity contribution in [3.05, 3.63) is 66.4 Å². The minimum Gasteiger partial charge on any atom is -0.497 e. The van der Waals surface area contributed by atoms with Crippen LogP contribution in [0.1, 0.15) is 16.2 Å². The Bertz CT molecular complexity index is 878. The lowest BCUT2D eigenvalue weighted by Gasteiger charge is -2.13. The van der Waals surface area contributed by atoms with Gasteiger partial charge in [0.15, 0.2) is 0 Å². The van der Waals surface area contributed by atoms with Crippen LogP contribution in [0.3, 0.4) is 0 Å². The number of hydrogen-bond acceptors (Lipinski definition) is 6. The second kappa shape index (κ2) is 8.06. The van der Waals surface area contributed by atoms with Crippen LogP contribution in [0.4, 0.5) is 11.4 Å². The number of ether oxygens (including phenoxy) is 2. The average Bonchev–Trinajstić information content (AvgIpc) is 3.20. The molecule has 7 heteroatoms. The number of methoxy groups -OCH3 is 2. The summed E-state index contributed by atoms with van der Waals surface area (Å²) >= 11 is 0. The molecule has 0 saturated heterocycles. The fourth-order valence-electron chi connectivity index (χ4n) is 2.37. The number of aromatic nitrogens is 1. The van der Waals surface area contributed by atoms with Gasteiger partial charge in [-0.15, -0.1) is 0 Å². The molecule has 0 aliphatic carbocycles. The second-order valence-corrected chi connectivity index (χ2v) is 5.38. The minimum absolute atomic E-state index is 0.289. The van der Waals surface area contributed by atoms with Gasteiger partial charge in [-0.3, -0.25) is 9.78 Å². The molecule has 26 heavy (non-hydrogen) atoms. The Balaban J connectivity index is 1.74. The first-order chi connectivity index (χ1) is 12.7. The van der Waals surface area contributed by atoms with Crippen LogP contribution >= 0.6 is 0 Å². The van der Waals surface area contributed by atoms with E-state index in [0.29, 0.717) is 35.2 Å². The third kappa shape index (κ3) is 4.13. The SMILES string of the molecule is COc1ccc(OC)c(Nc2ccnc(C(=O)NCc3ccco3)c2)c1. The lowest BCUT2D eigenvalue weighted by Crippen LogP contribution is -2.23. The molecule has 0 atom stereocenters. The standard InChI is InChI=1S/C19H19N3O4/c1-24-14-5-6-18(25-2)16(11-14)22-13-7-8-20-17(10-13)19(23)21-12-15-4-3-9-26-15/h3-11H,12H2,1-2H3,(H,20,22)(H,21,23). The molecule has 0 saturated carbocycles. The molecule has 0 aliphatic rings. The van der Waals surface area contributed by atoms with E-state index in [9.17, 15) is 4.79 Å². The topological polar surface area (TPSA) is 85.6 Å². The zero-order valence-electron chi connectivity index (χ0n) is 14.5. The Labute approximate surface area is 151 Å². The third-order valence-electron chi connectivity index (χ3n) is 3.68. The van der Waals surface area contributed by atoms with E-state index >= 15 is 0 Å². The number of pyridine rings is 1. The first-order valence-electron chi connectivity index (χ1n) is 7.95. The Morgan fingerprint density at radius 3 is 2.77 bits per heavy atom. The molecule has 0 fully saturated rings. The quantitative estimate of drug-likeness (QED) is 0.677. The highest BCUT2D eigenvalue weighted by molar-refractivity contribution is 5.93. The van der Waals surface area contributed by atoms with Gasteiger partial charge in [0.25, 0.3) is 5.91 Å². The van der Waals surface area contributed by atoms with Crippen molar-refractivity contribution in [1.29, 1.82) is 0 Å². The van der Waals surface area contributed by atoms with Crippen molar-refractivity contribution in [2.45, 2.75) is 6.54 Å². The minimum atomic E-state index is -0.289. The van der Waals surface area contributed by atoms with Crippen LogP contribution in [0.15, 0.2) is 59.3 Å². The van der Waals surface area contributed by atoms with Crippen LogP contribution in [0.2, 0.25) is 0 Å². The highest BCUT2D eigenvalue weighted by Gasteiger charge is 2.10. The van der Waals surface area contributed by atoms with Crippen molar-refractivity contribution < 1.29 is 18.7 Å². The molecule has 0 spiro atoms. The number of carbonyl (C=O) groups excluding carboxylic acids is 1. The molecule has 1 aromatic carbocycles. The fourth-order valence-corrected chi connectivity index (χ4v) is 2.37. The summed E-state index contributed by atoms with van der Waals surface area (Å²) in [7, 11) is 3.19. The summed E-state index contributed by atoms with van der Waals surface area (Å²) in [6.07, 6.45) is 3.13. The van der Waals surface area contributed by atoms with E-state index in [1.807, 2.05) is 12.1 Å². The van der Waals surface area contributed by atoms with Crippen molar-refractivity contribution in [3.63, 3.8) is 0 Å². The van der Waals surface area contributed by atoms with E-state index in [1.165, 1.54) is 0 Å². The number of hydrogen-bond donors (Lipinski definition) is 2. The first-order valence-corrected chi connectivity index (χ1v) is 7.95. The van der Waals surface area contributed by atoms with Gasteiger partial charge in [-0.1, -0.05) is 0 Å². The van der Waals surface area contributed by atoms with Crippen molar-refractivity contribution in [2.24, 2.45) is 0 Å². The molecule has 3 aromatic rings. The van der Waals surface area contributed by atoms with Crippen LogP contribution < -0.4 is 20.1 Å². The molecule has 2 heterocycles. The third-order valence-corrected chi connectivity index (χ3v) is 3.68. The van der Waals surface area contributed by atoms with Gasteiger partial charge in [0.2, 0.25) is 0 Å². The molecule has 1 amide bonds. The largest absolute Gasteiger partial charge is 0.497 e. The number of nitrogens with zero attached hydrogens (tertiary/aromatic N) is 1. The lowest BCUT2D eigenvalue weighted by molar-refractivity contribution is 0.0943. The van der Waals surface area contributed by atoms with E-state index in [0.717, 1.165) is 5.69 Å². The normalized spacial score (nSPS) is 10.2. The van der Waals surface area contributed by atoms with Crippen molar-refractivity contribution in [1.82, 2.24) is 10.3 Å². The zero-order chi connectivity index (χ0) is 18.4. The van der Waals surface area contributed by atoms with Crippen molar-refractivity contribution in [2.75, 3.05) is 19.5 Å². The summed E-state index contributed by atoms with van der Waals surface area (Å²) in [6, 6.07) is 12.4. The Hall–Kier alpha value is -3.48. The Morgan fingerprint density at radius 1 is 1.15 bits per heavy atom. The van der Waals surface area contributed by atoms with E-state index in [-0.39, 0.29) is 5.91 Å². The number of furan rings is 1. The molecule has 134 valence electrons. The smallest absolute Gasteiger partial charge is 0.270 e. The predicted molar refractivity (Wildman–Crippen MR) is 96.9 cm³/mol. The highest BCUT2D eigenvalue weighted by atomic mass is 16.5. The summed E-state index contributed by atoms with van der Waals surface area (Å²) in [5.74, 6) is 1.74. The van der Waals surface area contributed by atoms with Crippen LogP contribution in [-0.2, 0) is 6.54 Å². The maximum Gasteiger partial charge on any atom is 0.270 e. The van der Waals surface area contributed by atoms with Gasteiger partial charge < -0.3 is 24.5 Å². The van der Waals surface area contributed by atoms with Gasteiger partial charge in [0.1, 0.15) is 23.0 Å². The maximum absolute atomic E-state index is 12.3. The van der Waals surface area contributed by atoms with Gasteiger partial charge in [-0.2, -0.15) is 0 Å². The summed E-state index contributed by atoms with van der Waals surface area (Å²) in [5, 5.41) is 5.99. The van der Waals surface area contributed by atoms with Crippen LogP contribution in [0.5, 0.6) is 11.5 Å². The van der Waals surface area contributed by atoms with E-state index in [2.05, 4.69) is 15.6 Å². The molecule has 3 rings (SSSR count). The van der Waals surface area contributed by atoms with Gasteiger partial charge in [-0.25, -0.2) is 0 Å². The Morgan fingerprint density at radius 2 is 2.04 bits per heavy atom. The van der Waals surface area contributed by atoms with E-state index in [4.69, 9.17) is 13.9 Å². The van der Waals surface area contributed by atoms with Gasteiger partial charge in [0.05, 0.1) is 32.7 Å². The molecule has 0 bridgehead atoms. The molecule has 2 aromatic heterocycles.